The highest BCUT2D eigenvalue weighted by atomic mass is 35.5. The number of nitrogens with one attached hydrogen (secondary N) is 2. The van der Waals surface area contributed by atoms with Crippen LogP contribution in [-0.4, -0.2) is 35.1 Å². The molecule has 1 heterocycles. The highest BCUT2D eigenvalue weighted by molar-refractivity contribution is 7.98. The molecule has 0 unspecified atom stereocenters. The Bertz CT molecular complexity index is 922. The molecule has 0 aromatic heterocycles. The molecule has 3 atom stereocenters. The monoisotopic (exact) mass is 444 g/mol. The van der Waals surface area contributed by atoms with Gasteiger partial charge in [0.25, 0.3) is 0 Å². The second-order valence-corrected chi connectivity index (χ2v) is 7.78. The fraction of sp³-hybridized carbons (Fsp3) is 0.263. The number of ketones is 1. The van der Waals surface area contributed by atoms with Crippen molar-refractivity contribution in [2.24, 2.45) is 5.92 Å². The van der Waals surface area contributed by atoms with Crippen LogP contribution in [0.1, 0.15) is 22.0 Å². The molecular formula is C19H16ClF3N2O3S. The molecule has 0 radical (unpaired) electrons. The number of hydrogen-bond acceptors (Lipinski definition) is 4. The van der Waals surface area contributed by atoms with E-state index in [2.05, 4.69) is 5.32 Å². The fourth-order valence-electron chi connectivity index (χ4n) is 3.22. The minimum Gasteiger partial charge on any atom is -0.363 e. The molecule has 1 aliphatic heterocycles. The van der Waals surface area contributed by atoms with Gasteiger partial charge in [-0.25, -0.2) is 4.79 Å². The number of amides is 2. The number of benzene rings is 2. The standard InChI is InChI=1S/C19H16ClF3N2O3S/c1-29-13-8-4-10(5-9-13)15-14(16(26)11-2-6-12(20)7-3-11)18(28,19(21,22)23)25-17(27)24-15/h2-9,14-15,28H,1H3,(H2,24,25,27)/t14-,15+,18-/m1/s1. The highest BCUT2D eigenvalue weighted by Crippen LogP contribution is 2.44. The van der Waals surface area contributed by atoms with E-state index in [0.717, 1.165) is 4.90 Å². The third-order valence-electron chi connectivity index (χ3n) is 4.69. The third kappa shape index (κ3) is 4.08. The lowest BCUT2D eigenvalue weighted by Gasteiger charge is -2.45. The van der Waals surface area contributed by atoms with Crippen LogP contribution in [0, 0.1) is 5.92 Å². The Kier molecular flexibility index (Phi) is 5.84. The van der Waals surface area contributed by atoms with Crippen molar-refractivity contribution < 1.29 is 27.9 Å². The van der Waals surface area contributed by atoms with E-state index in [1.165, 1.54) is 53.5 Å². The number of urea groups is 1. The zero-order valence-corrected chi connectivity index (χ0v) is 16.5. The van der Waals surface area contributed by atoms with Gasteiger partial charge in [-0.3, -0.25) is 4.79 Å². The van der Waals surface area contributed by atoms with Gasteiger partial charge in [0.1, 0.15) is 5.92 Å². The van der Waals surface area contributed by atoms with E-state index in [1.807, 2.05) is 6.26 Å². The van der Waals surface area contributed by atoms with Crippen LogP contribution in [0.15, 0.2) is 53.4 Å². The molecule has 0 spiro atoms. The van der Waals surface area contributed by atoms with Crippen LogP contribution in [0.4, 0.5) is 18.0 Å². The zero-order valence-electron chi connectivity index (χ0n) is 15.0. The molecular weight excluding hydrogens is 429 g/mol. The zero-order chi connectivity index (χ0) is 21.4. The summed E-state index contributed by atoms with van der Waals surface area (Å²) < 4.78 is 41.5. The maximum atomic E-state index is 13.8. The summed E-state index contributed by atoms with van der Waals surface area (Å²) in [5, 5.41) is 14.6. The van der Waals surface area contributed by atoms with E-state index >= 15 is 0 Å². The van der Waals surface area contributed by atoms with Crippen molar-refractivity contribution in [3.8, 4) is 0 Å². The van der Waals surface area contributed by atoms with Gasteiger partial charge in [0.2, 0.25) is 5.72 Å². The normalized spacial score (nSPS) is 24.6. The van der Waals surface area contributed by atoms with Crippen LogP contribution >= 0.6 is 23.4 Å². The van der Waals surface area contributed by atoms with Crippen LogP contribution in [0.2, 0.25) is 5.02 Å². The van der Waals surface area contributed by atoms with Gasteiger partial charge in [0.05, 0.1) is 6.04 Å². The number of Topliss-reactive ketones (excluding diaryl/α,β-unsaturated/α-hetero) is 1. The summed E-state index contributed by atoms with van der Waals surface area (Å²) in [5.41, 5.74) is -3.58. The van der Waals surface area contributed by atoms with Gasteiger partial charge in [-0.15, -0.1) is 11.8 Å². The summed E-state index contributed by atoms with van der Waals surface area (Å²) in [7, 11) is 0. The number of thioether (sulfide) groups is 1. The van der Waals surface area contributed by atoms with Gasteiger partial charge >= 0.3 is 12.2 Å². The van der Waals surface area contributed by atoms with Crippen LogP contribution in [0.3, 0.4) is 0 Å². The summed E-state index contributed by atoms with van der Waals surface area (Å²) in [5.74, 6) is -3.06. The van der Waals surface area contributed by atoms with Gasteiger partial charge in [-0.1, -0.05) is 23.7 Å². The number of rotatable bonds is 4. The van der Waals surface area contributed by atoms with Gasteiger partial charge in [-0.05, 0) is 48.2 Å². The van der Waals surface area contributed by atoms with Crippen LogP contribution in [0.25, 0.3) is 0 Å². The molecule has 3 N–H and O–H groups in total. The molecule has 2 aromatic rings. The minimum atomic E-state index is -5.30. The Labute approximate surface area is 173 Å². The average molecular weight is 445 g/mol. The van der Waals surface area contributed by atoms with E-state index < -0.39 is 35.7 Å². The number of alkyl halides is 3. The molecule has 29 heavy (non-hydrogen) atoms. The number of carbonyl (C=O) groups is 2. The quantitative estimate of drug-likeness (QED) is 0.488. The number of carbonyl (C=O) groups excluding carboxylic acids is 2. The fourth-order valence-corrected chi connectivity index (χ4v) is 3.76. The van der Waals surface area contributed by atoms with E-state index in [0.29, 0.717) is 5.02 Å². The van der Waals surface area contributed by atoms with E-state index in [-0.39, 0.29) is 11.1 Å². The Morgan fingerprint density at radius 3 is 2.24 bits per heavy atom. The van der Waals surface area contributed by atoms with Crippen molar-refractivity contribution in [1.29, 1.82) is 0 Å². The maximum absolute atomic E-state index is 13.8. The lowest BCUT2D eigenvalue weighted by molar-refractivity contribution is -0.287. The minimum absolute atomic E-state index is 0.0780. The first-order chi connectivity index (χ1) is 13.6. The molecule has 1 aliphatic rings. The third-order valence-corrected chi connectivity index (χ3v) is 5.69. The number of halogens is 4. The summed E-state index contributed by atoms with van der Waals surface area (Å²) in [6.45, 7) is 0. The SMILES string of the molecule is CSc1ccc([C@@H]2NC(=O)N[C@](O)(C(F)(F)F)[C@H]2C(=O)c2ccc(Cl)cc2)cc1. The van der Waals surface area contributed by atoms with Crippen LogP contribution in [-0.2, 0) is 0 Å². The summed E-state index contributed by atoms with van der Waals surface area (Å²) >= 11 is 7.22. The van der Waals surface area contributed by atoms with Crippen LogP contribution in [0.5, 0.6) is 0 Å². The smallest absolute Gasteiger partial charge is 0.363 e. The molecule has 5 nitrogen and oxygen atoms in total. The summed E-state index contributed by atoms with van der Waals surface area (Å²) in [6.07, 6.45) is -3.47. The topological polar surface area (TPSA) is 78.4 Å². The second kappa shape index (κ2) is 7.89. The first kappa shape index (κ1) is 21.5. The Morgan fingerprint density at radius 2 is 1.72 bits per heavy atom. The van der Waals surface area contributed by atoms with E-state index in [9.17, 15) is 27.9 Å². The van der Waals surface area contributed by atoms with E-state index in [1.54, 1.807) is 12.1 Å². The summed E-state index contributed by atoms with van der Waals surface area (Å²) in [4.78, 5) is 25.9. The van der Waals surface area contributed by atoms with Crippen molar-refractivity contribution in [3.05, 3.63) is 64.7 Å². The Morgan fingerprint density at radius 1 is 1.14 bits per heavy atom. The molecule has 0 bridgehead atoms. The molecule has 0 saturated carbocycles. The predicted molar refractivity (Wildman–Crippen MR) is 103 cm³/mol. The average Bonchev–Trinajstić information content (AvgIpc) is 2.67. The van der Waals surface area contributed by atoms with Gasteiger partial charge < -0.3 is 15.7 Å². The second-order valence-electron chi connectivity index (χ2n) is 6.46. The Hall–Kier alpha value is -2.23. The molecule has 2 aromatic carbocycles. The molecule has 0 aliphatic carbocycles. The molecule has 1 fully saturated rings. The lowest BCUT2D eigenvalue weighted by Crippen LogP contribution is -2.72. The Balaban J connectivity index is 2.13. The number of hydrogen-bond donors (Lipinski definition) is 3. The van der Waals surface area contributed by atoms with Crippen molar-refractivity contribution in [2.45, 2.75) is 22.8 Å². The first-order valence-corrected chi connectivity index (χ1v) is 9.98. The molecule has 2 amide bonds. The van der Waals surface area contributed by atoms with Gasteiger partial charge in [0.15, 0.2) is 5.78 Å². The van der Waals surface area contributed by atoms with Crippen molar-refractivity contribution in [1.82, 2.24) is 10.6 Å². The summed E-state index contributed by atoms with van der Waals surface area (Å²) in [6, 6.07) is 8.96. The lowest BCUT2D eigenvalue weighted by atomic mass is 9.77. The predicted octanol–water partition coefficient (Wildman–Crippen LogP) is 4.17. The number of aliphatic hydroxyl groups is 1. The molecule has 3 rings (SSSR count). The van der Waals surface area contributed by atoms with Crippen molar-refractivity contribution in [2.75, 3.05) is 6.26 Å². The van der Waals surface area contributed by atoms with Crippen LogP contribution < -0.4 is 10.6 Å². The molecule has 10 heteroatoms. The van der Waals surface area contributed by atoms with E-state index in [4.69, 9.17) is 11.6 Å². The highest BCUT2D eigenvalue weighted by Gasteiger charge is 2.66. The van der Waals surface area contributed by atoms with Gasteiger partial charge in [-0.2, -0.15) is 13.2 Å². The molecule has 1 saturated heterocycles. The van der Waals surface area contributed by atoms with Gasteiger partial charge in [0, 0.05) is 15.5 Å². The maximum Gasteiger partial charge on any atom is 0.437 e. The largest absolute Gasteiger partial charge is 0.437 e. The first-order valence-electron chi connectivity index (χ1n) is 8.38. The van der Waals surface area contributed by atoms with Crippen molar-refractivity contribution in [3.63, 3.8) is 0 Å². The molecule has 154 valence electrons. The van der Waals surface area contributed by atoms with Crippen molar-refractivity contribution >= 4 is 35.2 Å².